The molecule has 1 N–H and O–H groups in total. The number of piperidine rings is 1. The molecule has 3 aromatic rings. The van der Waals surface area contributed by atoms with Crippen molar-refractivity contribution in [3.05, 3.63) is 77.9 Å². The Morgan fingerprint density at radius 2 is 1.97 bits per heavy atom. The van der Waals surface area contributed by atoms with Crippen LogP contribution >= 0.6 is 0 Å². The molecule has 3 heterocycles. The van der Waals surface area contributed by atoms with E-state index in [0.29, 0.717) is 24.7 Å². The highest BCUT2D eigenvalue weighted by molar-refractivity contribution is 5.92. The molecule has 8 heteroatoms. The first-order chi connectivity index (χ1) is 14.1. The van der Waals surface area contributed by atoms with E-state index < -0.39 is 0 Å². The van der Waals surface area contributed by atoms with Crippen LogP contribution in [-0.2, 0) is 0 Å². The van der Waals surface area contributed by atoms with Gasteiger partial charge < -0.3 is 10.2 Å². The van der Waals surface area contributed by atoms with E-state index in [0.717, 1.165) is 17.7 Å². The topological polar surface area (TPSA) is 83.9 Å². The van der Waals surface area contributed by atoms with Crippen molar-refractivity contribution in [1.29, 1.82) is 0 Å². The highest BCUT2D eigenvalue weighted by Crippen LogP contribution is 2.30. The molecule has 0 saturated carbocycles. The van der Waals surface area contributed by atoms with Crippen molar-refractivity contribution >= 4 is 11.9 Å². The van der Waals surface area contributed by atoms with Crippen molar-refractivity contribution in [2.24, 2.45) is 0 Å². The van der Waals surface area contributed by atoms with Crippen LogP contribution in [-0.4, -0.2) is 49.9 Å². The smallest absolute Gasteiger partial charge is 0.274 e. The van der Waals surface area contributed by atoms with Gasteiger partial charge >= 0.3 is 0 Å². The minimum Gasteiger partial charge on any atom is -0.349 e. The van der Waals surface area contributed by atoms with Gasteiger partial charge in [0.15, 0.2) is 0 Å². The highest BCUT2D eigenvalue weighted by Gasteiger charge is 2.33. The van der Waals surface area contributed by atoms with Crippen LogP contribution in [0.2, 0.25) is 0 Å². The number of likely N-dealkylation sites (tertiary alicyclic amines) is 1. The third-order valence-electron chi connectivity index (χ3n) is 5.09. The van der Waals surface area contributed by atoms with E-state index in [4.69, 9.17) is 0 Å². The number of anilines is 1. The molecule has 4 rings (SSSR count). The Hall–Kier alpha value is -3.42. The maximum Gasteiger partial charge on any atom is 0.274 e. The number of hydrogen-bond acceptors (Lipinski definition) is 6. The number of rotatable bonds is 4. The molecule has 0 aliphatic carbocycles. The lowest BCUT2D eigenvalue weighted by molar-refractivity contribution is 0.0694. The molecule has 148 valence electrons. The Morgan fingerprint density at radius 1 is 1.14 bits per heavy atom. The zero-order valence-corrected chi connectivity index (χ0v) is 16.0. The van der Waals surface area contributed by atoms with E-state index in [-0.39, 0.29) is 23.7 Å². The molecule has 29 heavy (non-hydrogen) atoms. The zero-order chi connectivity index (χ0) is 20.2. The second-order valence-electron chi connectivity index (χ2n) is 7.06. The van der Waals surface area contributed by atoms with Crippen molar-refractivity contribution in [1.82, 2.24) is 24.8 Å². The van der Waals surface area contributed by atoms with E-state index >= 15 is 0 Å². The number of amides is 1. The maximum atomic E-state index is 13.4. The summed E-state index contributed by atoms with van der Waals surface area (Å²) in [7, 11) is 0. The van der Waals surface area contributed by atoms with Crippen LogP contribution in [0, 0.1) is 12.7 Å². The summed E-state index contributed by atoms with van der Waals surface area (Å²) in [5, 5.41) is 3.38. The normalized spacial score (nSPS) is 19.0. The molecule has 1 saturated heterocycles. The summed E-state index contributed by atoms with van der Waals surface area (Å²) in [6.07, 6.45) is 6.94. The number of hydrogen-bond donors (Lipinski definition) is 1. The summed E-state index contributed by atoms with van der Waals surface area (Å²) in [5.41, 5.74) is 2.19. The number of aryl methyl sites for hydroxylation is 1. The SMILES string of the molecule is Cc1ccnc(N[C@@H]2CN(C(=O)c3cnccn3)CC[C@H]2c2ccc(F)cc2)n1. The Balaban J connectivity index is 1.59. The summed E-state index contributed by atoms with van der Waals surface area (Å²) in [6, 6.07) is 8.22. The average Bonchev–Trinajstić information content (AvgIpc) is 2.75. The van der Waals surface area contributed by atoms with Crippen LogP contribution in [0.3, 0.4) is 0 Å². The fourth-order valence-electron chi connectivity index (χ4n) is 3.65. The van der Waals surface area contributed by atoms with Crippen molar-refractivity contribution < 1.29 is 9.18 Å². The lowest BCUT2D eigenvalue weighted by Crippen LogP contribution is -2.49. The quantitative estimate of drug-likeness (QED) is 0.735. The van der Waals surface area contributed by atoms with Crippen molar-refractivity contribution in [2.75, 3.05) is 18.4 Å². The molecule has 0 bridgehead atoms. The Bertz CT molecular complexity index is 982. The van der Waals surface area contributed by atoms with E-state index in [1.54, 1.807) is 23.2 Å². The standard InChI is InChI=1S/C21H21FN6O/c1-14-6-8-25-21(26-14)27-19-13-28(20(29)18-12-23-9-10-24-18)11-7-17(19)15-2-4-16(22)5-3-15/h2-6,8-10,12,17,19H,7,11,13H2,1H3,(H,25,26,27)/t17-,19+/m0/s1. The molecule has 2 atom stereocenters. The Kier molecular flexibility index (Phi) is 5.41. The number of carbonyl (C=O) groups excluding carboxylic acids is 1. The van der Waals surface area contributed by atoms with Gasteiger partial charge in [0.2, 0.25) is 5.95 Å². The summed E-state index contributed by atoms with van der Waals surface area (Å²) in [5.74, 6) is 0.171. The molecule has 7 nitrogen and oxygen atoms in total. The van der Waals surface area contributed by atoms with Crippen LogP contribution in [0.25, 0.3) is 0 Å². The van der Waals surface area contributed by atoms with E-state index in [1.165, 1.54) is 30.7 Å². The van der Waals surface area contributed by atoms with Gasteiger partial charge in [-0.3, -0.25) is 9.78 Å². The van der Waals surface area contributed by atoms with E-state index in [2.05, 4.69) is 25.3 Å². The van der Waals surface area contributed by atoms with Gasteiger partial charge in [0.1, 0.15) is 11.5 Å². The predicted molar refractivity (Wildman–Crippen MR) is 106 cm³/mol. The molecule has 1 aliphatic rings. The van der Waals surface area contributed by atoms with Gasteiger partial charge in [-0.2, -0.15) is 0 Å². The molecular formula is C21H21FN6O. The van der Waals surface area contributed by atoms with Crippen molar-refractivity contribution in [3.8, 4) is 0 Å². The van der Waals surface area contributed by atoms with Gasteiger partial charge in [-0.05, 0) is 37.1 Å². The van der Waals surface area contributed by atoms with Gasteiger partial charge in [0, 0.05) is 43.3 Å². The lowest BCUT2D eigenvalue weighted by atomic mass is 9.85. The summed E-state index contributed by atoms with van der Waals surface area (Å²) < 4.78 is 13.4. The predicted octanol–water partition coefficient (Wildman–Crippen LogP) is 2.82. The zero-order valence-electron chi connectivity index (χ0n) is 16.0. The van der Waals surface area contributed by atoms with Crippen LogP contribution in [0.4, 0.5) is 10.3 Å². The number of nitrogens with one attached hydrogen (secondary N) is 1. The number of nitrogens with zero attached hydrogens (tertiary/aromatic N) is 5. The summed E-state index contributed by atoms with van der Waals surface area (Å²) in [4.78, 5) is 31.4. The minimum absolute atomic E-state index is 0.0885. The number of aromatic nitrogens is 4. The van der Waals surface area contributed by atoms with Gasteiger partial charge in [0.05, 0.1) is 12.2 Å². The minimum atomic E-state index is -0.268. The number of halogens is 1. The van der Waals surface area contributed by atoms with Crippen molar-refractivity contribution in [3.63, 3.8) is 0 Å². The van der Waals surface area contributed by atoms with E-state index in [9.17, 15) is 9.18 Å². The van der Waals surface area contributed by atoms with Gasteiger partial charge in [-0.15, -0.1) is 0 Å². The Morgan fingerprint density at radius 3 is 2.69 bits per heavy atom. The van der Waals surface area contributed by atoms with Gasteiger partial charge in [-0.25, -0.2) is 19.3 Å². The maximum absolute atomic E-state index is 13.4. The molecule has 0 spiro atoms. The largest absolute Gasteiger partial charge is 0.349 e. The van der Waals surface area contributed by atoms with Crippen LogP contribution < -0.4 is 5.32 Å². The monoisotopic (exact) mass is 392 g/mol. The molecule has 2 aromatic heterocycles. The van der Waals surface area contributed by atoms with E-state index in [1.807, 2.05) is 13.0 Å². The van der Waals surface area contributed by atoms with Crippen molar-refractivity contribution in [2.45, 2.75) is 25.3 Å². The second kappa shape index (κ2) is 8.30. The van der Waals surface area contributed by atoms with Gasteiger partial charge in [0.25, 0.3) is 5.91 Å². The summed E-state index contributed by atoms with van der Waals surface area (Å²) in [6.45, 7) is 2.92. The molecule has 1 amide bonds. The first-order valence-corrected chi connectivity index (χ1v) is 9.47. The van der Waals surface area contributed by atoms with Gasteiger partial charge in [-0.1, -0.05) is 12.1 Å². The number of carbonyl (C=O) groups is 1. The molecule has 0 unspecified atom stereocenters. The average molecular weight is 392 g/mol. The molecule has 1 aromatic carbocycles. The van der Waals surface area contributed by atoms with Crippen LogP contribution in [0.15, 0.2) is 55.1 Å². The third-order valence-corrected chi connectivity index (χ3v) is 5.09. The number of benzene rings is 1. The fraction of sp³-hybridized carbons (Fsp3) is 0.286. The Labute approximate surface area is 168 Å². The van der Waals surface area contributed by atoms with Crippen LogP contribution in [0.1, 0.15) is 34.1 Å². The second-order valence-corrected chi connectivity index (χ2v) is 7.06. The fourth-order valence-corrected chi connectivity index (χ4v) is 3.65. The first-order valence-electron chi connectivity index (χ1n) is 9.47. The highest BCUT2D eigenvalue weighted by atomic mass is 19.1. The molecule has 0 radical (unpaired) electrons. The molecule has 1 fully saturated rings. The lowest BCUT2D eigenvalue weighted by Gasteiger charge is -2.39. The molecule has 1 aliphatic heterocycles. The first kappa shape index (κ1) is 18.9. The summed E-state index contributed by atoms with van der Waals surface area (Å²) >= 11 is 0. The van der Waals surface area contributed by atoms with Crippen LogP contribution in [0.5, 0.6) is 0 Å². The molecular weight excluding hydrogens is 371 g/mol. The third kappa shape index (κ3) is 4.37.